The molecule has 3 aliphatic carbocycles. The summed E-state index contributed by atoms with van der Waals surface area (Å²) < 4.78 is 49.6. The summed E-state index contributed by atoms with van der Waals surface area (Å²) >= 11 is 0. The van der Waals surface area contributed by atoms with Crippen molar-refractivity contribution >= 4 is 71.6 Å². The average Bonchev–Trinajstić information content (AvgIpc) is 0.861. The Morgan fingerprint density at radius 1 is 0.373 bits per heavy atom. The van der Waals surface area contributed by atoms with Crippen LogP contribution in [-0.4, -0.2) is 241 Å². The standard InChI is InChI=1S/C66H123N19O16.ClH/c67-58(87)51(19-10-23-75-64(68)69)80-62(91)55(46-49-15-6-2-7-16-49)83-60(89)53(21-12-25-77-66(72)73)82-63(92)56(47-50-17-8-3-9-18-50)84-59(88)52(20-11-24-76-65(70)71)81-61(90)54(45-48-13-4-1-5-14-48)79-57(86)22-27-93-29-31-95-33-35-97-37-39-99-41-43-101-44-42-100-40-38-98-36-34-96-32-30-94-28-26-78-85-74;/h48-56H,1-47H2,(H2,67,87)(H,79,86)(H,80,91)(H,81,90)(H,82,92)(H,83,89)(H,84,88)(H4,68,69,75)(H4,70,71,76)(H4,72,73,77);1H/t51-,52-,53-,54+,55+,56+;/m1./s1. The van der Waals surface area contributed by atoms with Crippen molar-refractivity contribution in [3.05, 3.63) is 10.4 Å². The lowest BCUT2D eigenvalue weighted by Gasteiger charge is -2.31. The van der Waals surface area contributed by atoms with Crippen LogP contribution in [0.4, 0.5) is 0 Å². The first-order chi connectivity index (χ1) is 48.9. The number of azide groups is 1. The first kappa shape index (κ1) is 91.4. The Hall–Kier alpha value is -6.66. The number of amides is 7. The van der Waals surface area contributed by atoms with Crippen LogP contribution in [0.3, 0.4) is 0 Å². The van der Waals surface area contributed by atoms with Crippen LogP contribution in [0.5, 0.6) is 0 Å². The fourth-order valence-corrected chi connectivity index (χ4v) is 12.2. The maximum atomic E-state index is 14.9. The number of nitrogens with two attached hydrogens (primary N) is 4. The summed E-state index contributed by atoms with van der Waals surface area (Å²) in [6, 6.07) is -6.92. The molecule has 102 heavy (non-hydrogen) atoms. The van der Waals surface area contributed by atoms with Crippen molar-refractivity contribution in [3.8, 4) is 0 Å². The molecule has 3 saturated carbocycles. The van der Waals surface area contributed by atoms with E-state index in [9.17, 15) is 33.6 Å². The van der Waals surface area contributed by atoms with Gasteiger partial charge in [-0.2, -0.15) is 0 Å². The van der Waals surface area contributed by atoms with Gasteiger partial charge in [-0.1, -0.05) is 101 Å². The molecule has 3 rings (SSSR count). The molecular weight excluding hydrogens is 1350 g/mol. The normalized spacial score (nSPS) is 16.0. The predicted molar refractivity (Wildman–Crippen MR) is 385 cm³/mol. The van der Waals surface area contributed by atoms with Gasteiger partial charge in [-0.3, -0.25) is 49.8 Å². The SMILES string of the molecule is Cl.[N-]=[N+]=NCCOCCOCCOCCOCCOCCOCCOCCOCCOCCC(=O)N[C@@H](CC1CCCCC1)C(=O)N[C@H](CCCNC(=N)N)C(=O)N[C@@H](CC1CCCCC1)C(=O)N[C@H](CCCNC(=N)N)C(=O)N[C@@H](CC1CCCCC1)C(=O)N[C@H](CCCNC(=N)N)C(N)=O. The minimum absolute atomic E-state index is 0. The van der Waals surface area contributed by atoms with Gasteiger partial charge in [-0.15, -0.1) is 12.4 Å². The summed E-state index contributed by atoms with van der Waals surface area (Å²) in [7, 11) is 0. The monoisotopic (exact) mass is 1470 g/mol. The number of guanidine groups is 3. The van der Waals surface area contributed by atoms with Crippen LogP contribution in [0.2, 0.25) is 0 Å². The summed E-state index contributed by atoms with van der Waals surface area (Å²) in [5, 5.41) is 51.7. The van der Waals surface area contributed by atoms with Gasteiger partial charge in [0, 0.05) is 37.5 Å². The largest absolute Gasteiger partial charge is 0.379 e. The molecule has 0 aromatic heterocycles. The molecule has 0 aliphatic heterocycles. The Balaban J connectivity index is 0.0000354. The third kappa shape index (κ3) is 46.8. The molecule has 0 radical (unpaired) electrons. The van der Waals surface area contributed by atoms with Crippen LogP contribution in [-0.2, 0) is 76.2 Å². The summed E-state index contributed by atoms with van der Waals surface area (Å²) in [6.07, 6.45) is 15.6. The average molecular weight is 1480 g/mol. The van der Waals surface area contributed by atoms with Crippen molar-refractivity contribution in [1.29, 1.82) is 16.2 Å². The number of hydrogen-bond acceptors (Lipinski definition) is 20. The minimum atomic E-state index is -1.26. The van der Waals surface area contributed by atoms with Crippen molar-refractivity contribution in [2.75, 3.05) is 145 Å². The summed E-state index contributed by atoms with van der Waals surface area (Å²) in [4.78, 5) is 102. The lowest BCUT2D eigenvalue weighted by molar-refractivity contribution is -0.136. The van der Waals surface area contributed by atoms with Crippen molar-refractivity contribution in [3.63, 3.8) is 0 Å². The van der Waals surface area contributed by atoms with Gasteiger partial charge in [0.25, 0.3) is 0 Å². The van der Waals surface area contributed by atoms with E-state index in [0.717, 1.165) is 96.3 Å². The molecule has 0 aromatic rings. The number of primary amides is 1. The molecule has 3 fully saturated rings. The van der Waals surface area contributed by atoms with Crippen molar-refractivity contribution in [2.45, 2.75) is 197 Å². The lowest BCUT2D eigenvalue weighted by Crippen LogP contribution is -2.60. The highest BCUT2D eigenvalue weighted by Gasteiger charge is 2.36. The van der Waals surface area contributed by atoms with E-state index in [-0.39, 0.29) is 139 Å². The van der Waals surface area contributed by atoms with E-state index in [0.29, 0.717) is 118 Å². The highest BCUT2D eigenvalue weighted by atomic mass is 35.5. The molecule has 35 nitrogen and oxygen atoms in total. The van der Waals surface area contributed by atoms with E-state index in [1.807, 2.05) is 0 Å². The zero-order chi connectivity index (χ0) is 73.3. The molecule has 20 N–H and O–H groups in total. The summed E-state index contributed by atoms with van der Waals surface area (Å²) in [5.74, 6) is -5.05. The molecule has 0 aromatic carbocycles. The fraction of sp³-hybridized carbons (Fsp3) is 0.848. The first-order valence-electron chi connectivity index (χ1n) is 36.5. The Kier molecular flexibility index (Phi) is 53.5. The molecule has 36 heteroatoms. The smallest absolute Gasteiger partial charge is 0.243 e. The summed E-state index contributed by atoms with van der Waals surface area (Å²) in [6.45, 7) is 7.48. The van der Waals surface area contributed by atoms with Gasteiger partial charge in [-0.25, -0.2) is 0 Å². The Morgan fingerprint density at radius 2 is 0.627 bits per heavy atom. The molecule has 6 atom stereocenters. The van der Waals surface area contributed by atoms with Crippen LogP contribution in [0.25, 0.3) is 10.4 Å². The third-order valence-electron chi connectivity index (χ3n) is 17.5. The summed E-state index contributed by atoms with van der Waals surface area (Å²) in [5.41, 5.74) is 30.6. The van der Waals surface area contributed by atoms with Gasteiger partial charge in [0.2, 0.25) is 41.4 Å². The lowest BCUT2D eigenvalue weighted by atomic mass is 9.84. The number of nitrogens with one attached hydrogen (secondary N) is 12. The molecule has 0 unspecified atom stereocenters. The van der Waals surface area contributed by atoms with E-state index in [1.54, 1.807) is 0 Å². The predicted octanol–water partition coefficient (Wildman–Crippen LogP) is 1.35. The molecule has 0 spiro atoms. The maximum absolute atomic E-state index is 14.9. The highest BCUT2D eigenvalue weighted by Crippen LogP contribution is 2.30. The second-order valence-electron chi connectivity index (χ2n) is 25.7. The molecule has 0 bridgehead atoms. The van der Waals surface area contributed by atoms with Crippen LogP contribution in [0.1, 0.15) is 161 Å². The Labute approximate surface area is 607 Å². The maximum Gasteiger partial charge on any atom is 0.243 e. The number of halogens is 1. The van der Waals surface area contributed by atoms with E-state index in [4.69, 9.17) is 87.3 Å². The first-order valence-corrected chi connectivity index (χ1v) is 36.5. The number of nitrogens with zero attached hydrogens (tertiary/aromatic N) is 3. The van der Waals surface area contributed by atoms with E-state index in [1.165, 1.54) is 0 Å². The number of hydrogen-bond donors (Lipinski definition) is 16. The van der Waals surface area contributed by atoms with Gasteiger partial charge < -0.3 is 113 Å². The van der Waals surface area contributed by atoms with Crippen molar-refractivity contribution < 1.29 is 76.2 Å². The topological polar surface area (TPSA) is 535 Å². The second-order valence-corrected chi connectivity index (χ2v) is 25.7. The van der Waals surface area contributed by atoms with Gasteiger partial charge >= 0.3 is 0 Å². The molecule has 7 amide bonds. The van der Waals surface area contributed by atoms with E-state index < -0.39 is 77.6 Å². The third-order valence-corrected chi connectivity index (χ3v) is 17.5. The Bertz CT molecular complexity index is 2410. The number of carbonyl (C=O) groups excluding carboxylic acids is 7. The second kappa shape index (κ2) is 59.7. The van der Waals surface area contributed by atoms with Gasteiger partial charge in [0.1, 0.15) is 36.3 Å². The van der Waals surface area contributed by atoms with Crippen LogP contribution in [0, 0.1) is 34.0 Å². The number of ether oxygens (including phenoxy) is 9. The molecule has 3 aliphatic rings. The molecule has 586 valence electrons. The van der Waals surface area contributed by atoms with Gasteiger partial charge in [0.05, 0.1) is 119 Å². The number of rotatable bonds is 60. The van der Waals surface area contributed by atoms with Crippen LogP contribution in [0.15, 0.2) is 5.11 Å². The fourth-order valence-electron chi connectivity index (χ4n) is 12.2. The van der Waals surface area contributed by atoms with E-state index >= 15 is 0 Å². The highest BCUT2D eigenvalue weighted by molar-refractivity contribution is 5.97. The van der Waals surface area contributed by atoms with E-state index in [2.05, 4.69) is 57.9 Å². The molecular formula is C66H124ClN19O16. The zero-order valence-corrected chi connectivity index (χ0v) is 60.8. The Morgan fingerprint density at radius 3 is 0.922 bits per heavy atom. The van der Waals surface area contributed by atoms with Crippen molar-refractivity contribution in [2.24, 2.45) is 45.8 Å². The number of carbonyl (C=O) groups is 7. The zero-order valence-electron chi connectivity index (χ0n) is 60.0. The van der Waals surface area contributed by atoms with Gasteiger partial charge in [-0.05, 0) is 81.1 Å². The molecule has 0 saturated heterocycles. The quantitative estimate of drug-likeness (QED) is 0.0102. The van der Waals surface area contributed by atoms with Crippen molar-refractivity contribution in [1.82, 2.24) is 47.9 Å². The molecule has 0 heterocycles. The minimum Gasteiger partial charge on any atom is -0.379 e. The van der Waals surface area contributed by atoms with Gasteiger partial charge in [0.15, 0.2) is 17.9 Å². The van der Waals surface area contributed by atoms with Crippen LogP contribution >= 0.6 is 12.4 Å². The van der Waals surface area contributed by atoms with Crippen LogP contribution < -0.4 is 70.8 Å².